The molecule has 0 aromatic rings. The fraction of sp³-hybridized carbons (Fsp3) is 0.875. The Balaban J connectivity index is 3.92. The molecule has 0 saturated carbocycles. The lowest BCUT2D eigenvalue weighted by molar-refractivity contribution is -0.132. The van der Waals surface area contributed by atoms with Crippen LogP contribution < -0.4 is 0 Å². The van der Waals surface area contributed by atoms with E-state index in [4.69, 9.17) is 10.2 Å². The number of hydrogen-bond donors (Lipinski definition) is 2. The molecule has 0 aromatic carbocycles. The smallest absolute Gasteiger partial charge is 0.156 e. The Morgan fingerprint density at radius 1 is 0.800 bits per heavy atom. The first-order chi connectivity index (χ1) is 8.94. The van der Waals surface area contributed by atoms with Crippen molar-refractivity contribution in [2.24, 2.45) is 10.8 Å². The summed E-state index contributed by atoms with van der Waals surface area (Å²) >= 11 is 0. The van der Waals surface area contributed by atoms with Gasteiger partial charge in [-0.15, -0.1) is 0 Å². The van der Waals surface area contributed by atoms with Crippen molar-refractivity contribution in [2.75, 3.05) is 0 Å². The molecular weight excluding hydrogens is 256 g/mol. The van der Waals surface area contributed by atoms with Gasteiger partial charge in [0.15, 0.2) is 6.29 Å². The number of aliphatic hydroxyl groups is 2. The summed E-state index contributed by atoms with van der Waals surface area (Å²) in [5.74, 6) is 0.151. The second kappa shape index (κ2) is 7.89. The summed E-state index contributed by atoms with van der Waals surface area (Å²) in [6.45, 7) is 9.69. The van der Waals surface area contributed by atoms with E-state index in [1.165, 1.54) is 0 Å². The van der Waals surface area contributed by atoms with Crippen LogP contribution in [0.2, 0.25) is 0 Å². The van der Waals surface area contributed by atoms with E-state index in [1.54, 1.807) is 13.8 Å². The first-order valence-electron chi connectivity index (χ1n) is 7.33. The Labute approximate surface area is 122 Å². The number of aliphatic hydroxyl groups excluding tert-OH is 1. The van der Waals surface area contributed by atoms with Crippen LogP contribution in [-0.4, -0.2) is 28.1 Å². The third kappa shape index (κ3) is 9.21. The van der Waals surface area contributed by atoms with Crippen molar-refractivity contribution in [1.82, 2.24) is 0 Å². The van der Waals surface area contributed by atoms with Crippen LogP contribution in [0.15, 0.2) is 0 Å². The highest BCUT2D eigenvalue weighted by Crippen LogP contribution is 2.26. The number of carbonyl (C=O) groups is 2. The standard InChI is InChI=1S/C16H30O4/c1-15(2,3)10-8-12(17)6-7-13(18)9-11-16(4,5)14(19)20/h14,19-20H,6-11H2,1-5H3. The van der Waals surface area contributed by atoms with Gasteiger partial charge in [-0.1, -0.05) is 34.6 Å². The van der Waals surface area contributed by atoms with Gasteiger partial charge in [0, 0.05) is 31.1 Å². The van der Waals surface area contributed by atoms with Crippen LogP contribution in [0.1, 0.15) is 73.1 Å². The van der Waals surface area contributed by atoms with Gasteiger partial charge < -0.3 is 10.2 Å². The molecule has 0 rings (SSSR count). The third-order valence-electron chi connectivity index (χ3n) is 3.58. The number of carbonyl (C=O) groups excluding carboxylic acids is 2. The first kappa shape index (κ1) is 19.3. The largest absolute Gasteiger partial charge is 0.368 e. The molecule has 0 heterocycles. The normalized spacial score (nSPS) is 12.8. The van der Waals surface area contributed by atoms with Crippen LogP contribution in [0.5, 0.6) is 0 Å². The maximum Gasteiger partial charge on any atom is 0.156 e. The van der Waals surface area contributed by atoms with Gasteiger partial charge in [-0.25, -0.2) is 0 Å². The van der Waals surface area contributed by atoms with Crippen LogP contribution in [0.25, 0.3) is 0 Å². The molecule has 0 fully saturated rings. The van der Waals surface area contributed by atoms with Crippen LogP contribution >= 0.6 is 0 Å². The quantitative estimate of drug-likeness (QED) is 0.639. The van der Waals surface area contributed by atoms with Crippen molar-refractivity contribution in [2.45, 2.75) is 79.4 Å². The van der Waals surface area contributed by atoms with Crippen LogP contribution in [0.3, 0.4) is 0 Å². The summed E-state index contributed by atoms with van der Waals surface area (Å²) in [6, 6.07) is 0. The van der Waals surface area contributed by atoms with E-state index in [9.17, 15) is 9.59 Å². The molecule has 0 aliphatic heterocycles. The van der Waals surface area contributed by atoms with Crippen molar-refractivity contribution in [3.63, 3.8) is 0 Å². The fourth-order valence-electron chi connectivity index (χ4n) is 1.63. The van der Waals surface area contributed by atoms with Gasteiger partial charge >= 0.3 is 0 Å². The summed E-state index contributed by atoms with van der Waals surface area (Å²) in [7, 11) is 0. The molecule has 4 nitrogen and oxygen atoms in total. The Kier molecular flexibility index (Phi) is 7.60. The van der Waals surface area contributed by atoms with E-state index >= 15 is 0 Å². The number of hydrogen-bond acceptors (Lipinski definition) is 4. The molecule has 0 atom stereocenters. The molecule has 0 bridgehead atoms. The minimum atomic E-state index is -1.43. The van der Waals surface area contributed by atoms with E-state index in [0.717, 1.165) is 6.42 Å². The van der Waals surface area contributed by atoms with Gasteiger partial charge in [-0.05, 0) is 18.3 Å². The molecule has 2 N–H and O–H groups in total. The Morgan fingerprint density at radius 3 is 1.55 bits per heavy atom. The molecule has 118 valence electrons. The molecular formula is C16H30O4. The van der Waals surface area contributed by atoms with Gasteiger partial charge in [0.2, 0.25) is 0 Å². The molecule has 0 aliphatic rings. The lowest BCUT2D eigenvalue weighted by Crippen LogP contribution is -2.29. The molecule has 20 heavy (non-hydrogen) atoms. The summed E-state index contributed by atoms with van der Waals surface area (Å²) < 4.78 is 0. The number of ketones is 2. The Morgan fingerprint density at radius 2 is 1.20 bits per heavy atom. The highest BCUT2D eigenvalue weighted by Gasteiger charge is 2.26. The summed E-state index contributed by atoms with van der Waals surface area (Å²) in [5, 5.41) is 18.3. The van der Waals surface area contributed by atoms with Crippen LogP contribution in [0.4, 0.5) is 0 Å². The lowest BCUT2D eigenvalue weighted by Gasteiger charge is -2.26. The predicted molar refractivity (Wildman–Crippen MR) is 79.2 cm³/mol. The average Bonchev–Trinajstić information content (AvgIpc) is 2.30. The summed E-state index contributed by atoms with van der Waals surface area (Å²) in [4.78, 5) is 23.4. The van der Waals surface area contributed by atoms with Crippen LogP contribution in [0, 0.1) is 10.8 Å². The van der Waals surface area contributed by atoms with Crippen molar-refractivity contribution >= 4 is 11.6 Å². The molecule has 0 amide bonds. The monoisotopic (exact) mass is 286 g/mol. The zero-order valence-corrected chi connectivity index (χ0v) is 13.5. The van der Waals surface area contributed by atoms with Gasteiger partial charge in [0.25, 0.3) is 0 Å². The zero-order valence-electron chi connectivity index (χ0n) is 13.5. The Hall–Kier alpha value is -0.740. The molecule has 0 aromatic heterocycles. The second-order valence-corrected chi connectivity index (χ2v) is 7.50. The second-order valence-electron chi connectivity index (χ2n) is 7.50. The first-order valence-corrected chi connectivity index (χ1v) is 7.33. The predicted octanol–water partition coefficient (Wildman–Crippen LogP) is 2.85. The van der Waals surface area contributed by atoms with Crippen molar-refractivity contribution < 1.29 is 19.8 Å². The maximum atomic E-state index is 11.7. The number of Topliss-reactive ketones (excluding diaryl/α,β-unsaturated/α-hetero) is 2. The van der Waals surface area contributed by atoms with E-state index in [2.05, 4.69) is 20.8 Å². The van der Waals surface area contributed by atoms with E-state index in [1.807, 2.05) is 0 Å². The highest BCUT2D eigenvalue weighted by atomic mass is 16.5. The average molecular weight is 286 g/mol. The third-order valence-corrected chi connectivity index (χ3v) is 3.58. The van der Waals surface area contributed by atoms with Crippen LogP contribution in [-0.2, 0) is 9.59 Å². The minimum Gasteiger partial charge on any atom is -0.368 e. The SMILES string of the molecule is CC(C)(C)CCC(=O)CCC(=O)CCC(C)(C)C(O)O. The minimum absolute atomic E-state index is 0.0165. The fourth-order valence-corrected chi connectivity index (χ4v) is 1.63. The molecule has 0 spiro atoms. The topological polar surface area (TPSA) is 74.6 Å². The molecule has 0 aliphatic carbocycles. The molecule has 0 radical (unpaired) electrons. The number of rotatable bonds is 9. The van der Waals surface area contributed by atoms with E-state index in [-0.39, 0.29) is 29.8 Å². The van der Waals surface area contributed by atoms with Gasteiger partial charge in [0.1, 0.15) is 11.6 Å². The summed E-state index contributed by atoms with van der Waals surface area (Å²) in [6.07, 6.45) is 1.21. The molecule has 0 unspecified atom stereocenters. The van der Waals surface area contributed by atoms with E-state index < -0.39 is 11.7 Å². The lowest BCUT2D eigenvalue weighted by atomic mass is 9.85. The Bertz CT molecular complexity index is 324. The van der Waals surface area contributed by atoms with Gasteiger partial charge in [0.05, 0.1) is 0 Å². The van der Waals surface area contributed by atoms with Gasteiger partial charge in [-0.3, -0.25) is 9.59 Å². The van der Waals surface area contributed by atoms with Crippen molar-refractivity contribution in [3.05, 3.63) is 0 Å². The van der Waals surface area contributed by atoms with Gasteiger partial charge in [-0.2, -0.15) is 0 Å². The van der Waals surface area contributed by atoms with E-state index in [0.29, 0.717) is 19.3 Å². The van der Waals surface area contributed by atoms with Crippen molar-refractivity contribution in [1.29, 1.82) is 0 Å². The van der Waals surface area contributed by atoms with Crippen molar-refractivity contribution in [3.8, 4) is 0 Å². The molecule has 0 saturated heterocycles. The molecule has 4 heteroatoms. The maximum absolute atomic E-state index is 11.7. The zero-order chi connectivity index (χ0) is 16.0. The summed E-state index contributed by atoms with van der Waals surface area (Å²) in [5.41, 5.74) is -0.549. The highest BCUT2D eigenvalue weighted by molar-refractivity contribution is 5.85.